The SMILES string of the molecule is O=C(NCCO)c1nnc(CCCCc2cc3cc(Cc4ccccc4)[nH]c3nn2)s1. The van der Waals surface area contributed by atoms with E-state index in [1.165, 1.54) is 16.9 Å². The number of fused-ring (bicyclic) bond motifs is 1. The second-order valence-corrected chi connectivity index (χ2v) is 8.35. The summed E-state index contributed by atoms with van der Waals surface area (Å²) in [5, 5.41) is 30.3. The monoisotopic (exact) mass is 436 g/mol. The Morgan fingerprint density at radius 3 is 2.71 bits per heavy atom. The van der Waals surface area contributed by atoms with Gasteiger partial charge < -0.3 is 15.4 Å². The number of hydrogen-bond acceptors (Lipinski definition) is 7. The first-order valence-electron chi connectivity index (χ1n) is 10.3. The molecule has 4 aromatic rings. The van der Waals surface area contributed by atoms with Crippen molar-refractivity contribution < 1.29 is 9.90 Å². The van der Waals surface area contributed by atoms with Gasteiger partial charge in [0.15, 0.2) is 5.65 Å². The van der Waals surface area contributed by atoms with Crippen LogP contribution in [0.25, 0.3) is 11.0 Å². The number of nitrogens with zero attached hydrogens (tertiary/aromatic N) is 4. The molecule has 0 unspecified atom stereocenters. The fourth-order valence-electron chi connectivity index (χ4n) is 3.34. The van der Waals surface area contributed by atoms with Gasteiger partial charge in [0.25, 0.3) is 5.91 Å². The van der Waals surface area contributed by atoms with E-state index >= 15 is 0 Å². The Labute approximate surface area is 183 Å². The Bertz CT molecular complexity index is 1140. The van der Waals surface area contributed by atoms with Crippen LogP contribution in [0.1, 0.15) is 44.6 Å². The Morgan fingerprint density at radius 1 is 1.03 bits per heavy atom. The van der Waals surface area contributed by atoms with Crippen molar-refractivity contribution in [3.05, 3.63) is 69.4 Å². The van der Waals surface area contributed by atoms with E-state index in [2.05, 4.69) is 55.0 Å². The molecule has 0 aliphatic carbocycles. The van der Waals surface area contributed by atoms with Crippen molar-refractivity contribution in [1.82, 2.24) is 30.7 Å². The van der Waals surface area contributed by atoms with E-state index in [4.69, 9.17) is 5.11 Å². The van der Waals surface area contributed by atoms with E-state index in [0.29, 0.717) is 5.01 Å². The lowest BCUT2D eigenvalue weighted by Crippen LogP contribution is -2.26. The van der Waals surface area contributed by atoms with Crippen molar-refractivity contribution in [2.24, 2.45) is 0 Å². The Kier molecular flexibility index (Phi) is 6.96. The zero-order chi connectivity index (χ0) is 21.5. The molecule has 0 fully saturated rings. The van der Waals surface area contributed by atoms with Crippen molar-refractivity contribution >= 4 is 28.3 Å². The molecule has 0 saturated heterocycles. The molecule has 4 rings (SSSR count). The maximum atomic E-state index is 11.8. The van der Waals surface area contributed by atoms with E-state index in [1.54, 1.807) is 0 Å². The highest BCUT2D eigenvalue weighted by atomic mass is 32.1. The number of aryl methyl sites for hydroxylation is 2. The van der Waals surface area contributed by atoms with E-state index in [0.717, 1.165) is 59.5 Å². The van der Waals surface area contributed by atoms with Gasteiger partial charge in [-0.3, -0.25) is 4.79 Å². The zero-order valence-corrected chi connectivity index (χ0v) is 17.9. The van der Waals surface area contributed by atoms with E-state index in [9.17, 15) is 4.79 Å². The molecule has 0 radical (unpaired) electrons. The first-order chi connectivity index (χ1) is 15.2. The van der Waals surface area contributed by atoms with Crippen molar-refractivity contribution in [3.63, 3.8) is 0 Å². The van der Waals surface area contributed by atoms with Crippen molar-refractivity contribution in [3.8, 4) is 0 Å². The number of carbonyl (C=O) groups is 1. The van der Waals surface area contributed by atoms with Gasteiger partial charge in [-0.15, -0.1) is 15.3 Å². The molecule has 3 aromatic heterocycles. The number of hydrogen-bond donors (Lipinski definition) is 3. The first kappa shape index (κ1) is 21.1. The number of benzene rings is 1. The third kappa shape index (κ3) is 5.71. The summed E-state index contributed by atoms with van der Waals surface area (Å²) in [5.41, 5.74) is 4.17. The Balaban J connectivity index is 1.27. The van der Waals surface area contributed by atoms with Crippen molar-refractivity contribution in [2.45, 2.75) is 32.1 Å². The van der Waals surface area contributed by atoms with Crippen LogP contribution >= 0.6 is 11.3 Å². The predicted octanol–water partition coefficient (Wildman–Crippen LogP) is 2.69. The molecular weight excluding hydrogens is 412 g/mol. The van der Waals surface area contributed by atoms with Gasteiger partial charge in [0.1, 0.15) is 5.01 Å². The summed E-state index contributed by atoms with van der Waals surface area (Å²) < 4.78 is 0. The number of nitrogens with one attached hydrogen (secondary N) is 2. The highest BCUT2D eigenvalue weighted by molar-refractivity contribution is 7.13. The largest absolute Gasteiger partial charge is 0.395 e. The molecule has 0 aliphatic heterocycles. The quantitative estimate of drug-likeness (QED) is 0.329. The number of carbonyl (C=O) groups excluding carboxylic acids is 1. The zero-order valence-electron chi connectivity index (χ0n) is 17.0. The minimum Gasteiger partial charge on any atom is -0.395 e. The fraction of sp³-hybridized carbons (Fsp3) is 0.318. The van der Waals surface area contributed by atoms with Crippen LogP contribution in [0.5, 0.6) is 0 Å². The standard InChI is InChI=1S/C22H24N6O2S/c29-11-10-23-21(30)22-28-26-19(31-22)9-5-4-8-17-13-16-14-18(24-20(16)27-25-17)12-15-6-2-1-3-7-15/h1-3,6-7,13-14,29H,4-5,8-12H2,(H,23,30)(H,24,27). The average molecular weight is 437 g/mol. The third-order valence-electron chi connectivity index (χ3n) is 4.85. The number of aromatic amines is 1. The summed E-state index contributed by atoms with van der Waals surface area (Å²) in [6.45, 7) is 0.122. The van der Waals surface area contributed by atoms with Gasteiger partial charge >= 0.3 is 0 Å². The van der Waals surface area contributed by atoms with Gasteiger partial charge in [0.05, 0.1) is 12.3 Å². The minimum atomic E-state index is -0.292. The lowest BCUT2D eigenvalue weighted by Gasteiger charge is -1.99. The normalized spacial score (nSPS) is 11.1. The number of unbranched alkanes of at least 4 members (excludes halogenated alkanes) is 1. The Hall–Kier alpha value is -3.17. The molecule has 9 heteroatoms. The molecule has 160 valence electrons. The third-order valence-corrected chi connectivity index (χ3v) is 5.83. The molecule has 31 heavy (non-hydrogen) atoms. The van der Waals surface area contributed by atoms with Crippen molar-refractivity contribution in [1.29, 1.82) is 0 Å². The molecule has 0 saturated carbocycles. The molecule has 0 spiro atoms. The number of amides is 1. The van der Waals surface area contributed by atoms with Crippen LogP contribution in [-0.2, 0) is 19.3 Å². The molecule has 3 heterocycles. The van der Waals surface area contributed by atoms with Crippen LogP contribution in [-0.4, -0.2) is 49.5 Å². The van der Waals surface area contributed by atoms with Crippen molar-refractivity contribution in [2.75, 3.05) is 13.2 Å². The van der Waals surface area contributed by atoms with Crippen LogP contribution in [0.15, 0.2) is 42.5 Å². The van der Waals surface area contributed by atoms with Crippen LogP contribution in [0.3, 0.4) is 0 Å². The summed E-state index contributed by atoms with van der Waals surface area (Å²) in [6.07, 6.45) is 4.33. The summed E-state index contributed by atoms with van der Waals surface area (Å²) in [7, 11) is 0. The highest BCUT2D eigenvalue weighted by Gasteiger charge is 2.12. The molecule has 8 nitrogen and oxygen atoms in total. The lowest BCUT2D eigenvalue weighted by molar-refractivity contribution is 0.0943. The van der Waals surface area contributed by atoms with Crippen LogP contribution in [0.4, 0.5) is 0 Å². The maximum Gasteiger partial charge on any atom is 0.282 e. The highest BCUT2D eigenvalue weighted by Crippen LogP contribution is 2.18. The summed E-state index contributed by atoms with van der Waals surface area (Å²) >= 11 is 1.29. The summed E-state index contributed by atoms with van der Waals surface area (Å²) in [4.78, 5) is 15.2. The average Bonchev–Trinajstić information content (AvgIpc) is 3.42. The molecule has 1 amide bonds. The molecule has 0 bridgehead atoms. The topological polar surface area (TPSA) is 117 Å². The number of aliphatic hydroxyl groups is 1. The van der Waals surface area contributed by atoms with E-state index in [1.807, 2.05) is 18.2 Å². The number of rotatable bonds is 10. The number of aliphatic hydroxyl groups excluding tert-OH is 1. The van der Waals surface area contributed by atoms with Crippen LogP contribution < -0.4 is 5.32 Å². The summed E-state index contributed by atoms with van der Waals surface area (Å²) in [5.74, 6) is -0.292. The lowest BCUT2D eigenvalue weighted by atomic mass is 10.1. The fourth-order valence-corrected chi connectivity index (χ4v) is 4.14. The van der Waals surface area contributed by atoms with Crippen LogP contribution in [0, 0.1) is 0 Å². The van der Waals surface area contributed by atoms with E-state index < -0.39 is 0 Å². The predicted molar refractivity (Wildman–Crippen MR) is 119 cm³/mol. The number of H-pyrrole nitrogens is 1. The molecule has 0 atom stereocenters. The molecular formula is C22H24N6O2S. The Morgan fingerprint density at radius 2 is 1.87 bits per heavy atom. The second kappa shape index (κ2) is 10.2. The first-order valence-corrected chi connectivity index (χ1v) is 11.1. The van der Waals surface area contributed by atoms with Gasteiger partial charge in [0.2, 0.25) is 5.01 Å². The maximum absolute atomic E-state index is 11.8. The van der Waals surface area contributed by atoms with Gasteiger partial charge in [-0.05, 0) is 37.0 Å². The smallest absolute Gasteiger partial charge is 0.282 e. The van der Waals surface area contributed by atoms with Gasteiger partial charge in [-0.2, -0.15) is 5.10 Å². The van der Waals surface area contributed by atoms with Gasteiger partial charge in [0, 0.05) is 30.5 Å². The van der Waals surface area contributed by atoms with Gasteiger partial charge in [-0.25, -0.2) is 0 Å². The molecule has 1 aromatic carbocycles. The molecule has 0 aliphatic rings. The summed E-state index contributed by atoms with van der Waals surface area (Å²) in [6, 6.07) is 14.6. The van der Waals surface area contributed by atoms with E-state index in [-0.39, 0.29) is 19.1 Å². The second-order valence-electron chi connectivity index (χ2n) is 7.28. The van der Waals surface area contributed by atoms with Gasteiger partial charge in [-0.1, -0.05) is 41.7 Å². The minimum absolute atomic E-state index is 0.0941. The van der Waals surface area contributed by atoms with Crippen LogP contribution in [0.2, 0.25) is 0 Å². The number of aromatic nitrogens is 5. The molecule has 3 N–H and O–H groups in total.